The molecule has 7 rings (SSSR count). The second-order valence-electron chi connectivity index (χ2n) is 11.7. The number of rotatable bonds is 7. The van der Waals surface area contributed by atoms with E-state index in [9.17, 15) is 9.18 Å². The number of nitrogens with one attached hydrogen (secondary N) is 2. The van der Waals surface area contributed by atoms with Gasteiger partial charge in [0.25, 0.3) is 0 Å². The second kappa shape index (κ2) is 11.8. The molecule has 2 aromatic carbocycles. The zero-order chi connectivity index (χ0) is 31.1. The SMILES string of the molecule is COc1nc2ccccc2cc1-c1cnc(C2CCN(Cc3ccn(C)n3)CCN2C(=O)Cc2c(C)[nH]c3ccc(F)cc23)[nH]1. The number of ether oxygens (including phenoxy) is 1. The van der Waals surface area contributed by atoms with Crippen molar-refractivity contribution in [2.45, 2.75) is 32.4 Å². The lowest BCUT2D eigenvalue weighted by atomic mass is 10.1. The summed E-state index contributed by atoms with van der Waals surface area (Å²) >= 11 is 0. The van der Waals surface area contributed by atoms with Crippen molar-refractivity contribution in [3.05, 3.63) is 95.6 Å². The average Bonchev–Trinajstić information content (AvgIpc) is 3.72. The van der Waals surface area contributed by atoms with Gasteiger partial charge in [-0.15, -0.1) is 0 Å². The third-order valence-corrected chi connectivity index (χ3v) is 8.72. The van der Waals surface area contributed by atoms with Crippen molar-refractivity contribution in [3.63, 3.8) is 0 Å². The minimum absolute atomic E-state index is 0.0316. The molecule has 11 heteroatoms. The predicted molar refractivity (Wildman–Crippen MR) is 170 cm³/mol. The van der Waals surface area contributed by atoms with Crippen molar-refractivity contribution in [2.75, 3.05) is 26.7 Å². The average molecular weight is 607 g/mol. The number of carbonyl (C=O) groups is 1. The molecule has 1 fully saturated rings. The number of benzene rings is 2. The standard InChI is InChI=1S/C34H35FN8O2/c1-21-25(26-17-23(35)8-9-29(26)37-21)18-32(44)43-15-14-42(20-24-10-12-41(2)40-24)13-11-31(43)33-36-19-30(38-33)27-16-22-6-4-5-7-28(22)39-34(27)45-3/h4-10,12,16-17,19,31,37H,11,13-15,18,20H2,1-3H3,(H,36,38). The monoisotopic (exact) mass is 606 g/mol. The molecule has 0 aliphatic carbocycles. The third-order valence-electron chi connectivity index (χ3n) is 8.72. The number of fused-ring (bicyclic) bond motifs is 2. The first kappa shape index (κ1) is 28.7. The predicted octanol–water partition coefficient (Wildman–Crippen LogP) is 5.31. The van der Waals surface area contributed by atoms with Gasteiger partial charge >= 0.3 is 0 Å². The minimum atomic E-state index is -0.324. The van der Waals surface area contributed by atoms with E-state index in [1.54, 1.807) is 24.1 Å². The van der Waals surface area contributed by atoms with Gasteiger partial charge in [-0.25, -0.2) is 14.4 Å². The van der Waals surface area contributed by atoms with E-state index in [2.05, 4.69) is 20.0 Å². The number of aromatic nitrogens is 6. The summed E-state index contributed by atoms with van der Waals surface area (Å²) < 4.78 is 21.7. The number of para-hydroxylation sites is 1. The Morgan fingerprint density at radius 1 is 1.09 bits per heavy atom. The summed E-state index contributed by atoms with van der Waals surface area (Å²) in [6.07, 6.45) is 4.57. The van der Waals surface area contributed by atoms with Crippen LogP contribution in [0, 0.1) is 12.7 Å². The van der Waals surface area contributed by atoms with E-state index in [-0.39, 0.29) is 24.2 Å². The van der Waals surface area contributed by atoms with Gasteiger partial charge in [-0.3, -0.25) is 14.4 Å². The van der Waals surface area contributed by atoms with Gasteiger partial charge in [-0.2, -0.15) is 5.10 Å². The number of nitrogens with zero attached hydrogens (tertiary/aromatic N) is 6. The van der Waals surface area contributed by atoms with Crippen LogP contribution in [0.3, 0.4) is 0 Å². The normalized spacial score (nSPS) is 16.0. The molecule has 1 aliphatic rings. The molecule has 0 spiro atoms. The van der Waals surface area contributed by atoms with Gasteiger partial charge < -0.3 is 19.6 Å². The van der Waals surface area contributed by atoms with Crippen molar-refractivity contribution >= 4 is 27.7 Å². The number of carbonyl (C=O) groups excluding carboxylic acids is 1. The number of methoxy groups -OCH3 is 1. The summed E-state index contributed by atoms with van der Waals surface area (Å²) in [5, 5.41) is 6.29. The van der Waals surface area contributed by atoms with Crippen molar-refractivity contribution < 1.29 is 13.9 Å². The molecule has 4 aromatic heterocycles. The summed E-state index contributed by atoms with van der Waals surface area (Å²) in [7, 11) is 3.52. The number of hydrogen-bond acceptors (Lipinski definition) is 6. The molecule has 1 atom stereocenters. The molecule has 0 saturated carbocycles. The Morgan fingerprint density at radius 2 is 1.96 bits per heavy atom. The van der Waals surface area contributed by atoms with Crippen LogP contribution in [0.1, 0.15) is 35.2 Å². The summed E-state index contributed by atoms with van der Waals surface area (Å²) in [6.45, 7) is 4.59. The maximum Gasteiger partial charge on any atom is 0.227 e. The topological polar surface area (TPSA) is 108 Å². The molecule has 1 saturated heterocycles. The summed E-state index contributed by atoms with van der Waals surface area (Å²) in [6, 6.07) is 16.3. The van der Waals surface area contributed by atoms with Crippen molar-refractivity contribution in [1.82, 2.24) is 39.5 Å². The number of aryl methyl sites for hydroxylation is 2. The van der Waals surface area contributed by atoms with Crippen LogP contribution >= 0.6 is 0 Å². The minimum Gasteiger partial charge on any atom is -0.480 e. The zero-order valence-electron chi connectivity index (χ0n) is 25.5. The molecule has 1 unspecified atom stereocenters. The molecule has 5 heterocycles. The van der Waals surface area contributed by atoms with Gasteiger partial charge in [0.2, 0.25) is 11.8 Å². The maximum atomic E-state index is 14.2. The quantitative estimate of drug-likeness (QED) is 0.255. The lowest BCUT2D eigenvalue weighted by molar-refractivity contribution is -0.133. The molecule has 2 N–H and O–H groups in total. The van der Waals surface area contributed by atoms with Gasteiger partial charge in [0.1, 0.15) is 11.6 Å². The van der Waals surface area contributed by atoms with Crippen molar-refractivity contribution in [2.24, 2.45) is 7.05 Å². The van der Waals surface area contributed by atoms with Gasteiger partial charge in [0, 0.05) is 61.4 Å². The second-order valence-corrected chi connectivity index (χ2v) is 11.7. The van der Waals surface area contributed by atoms with E-state index < -0.39 is 0 Å². The lowest BCUT2D eigenvalue weighted by Crippen LogP contribution is -2.38. The highest BCUT2D eigenvalue weighted by molar-refractivity contribution is 5.90. The number of aromatic amines is 2. The van der Waals surface area contributed by atoms with E-state index in [4.69, 9.17) is 14.7 Å². The Hall–Kier alpha value is -5.03. The van der Waals surface area contributed by atoms with Crippen LogP contribution in [-0.4, -0.2) is 72.2 Å². The first-order valence-corrected chi connectivity index (χ1v) is 15.1. The number of halogens is 1. The summed E-state index contributed by atoms with van der Waals surface area (Å²) in [4.78, 5) is 34.8. The molecule has 0 bridgehead atoms. The largest absolute Gasteiger partial charge is 0.480 e. The van der Waals surface area contributed by atoms with Crippen LogP contribution < -0.4 is 4.74 Å². The highest BCUT2D eigenvalue weighted by Crippen LogP contribution is 2.34. The Morgan fingerprint density at radius 3 is 2.78 bits per heavy atom. The fourth-order valence-corrected chi connectivity index (χ4v) is 6.42. The van der Waals surface area contributed by atoms with E-state index in [0.717, 1.165) is 56.6 Å². The van der Waals surface area contributed by atoms with E-state index in [1.807, 2.05) is 61.5 Å². The highest BCUT2D eigenvalue weighted by Gasteiger charge is 2.32. The van der Waals surface area contributed by atoms with Crippen LogP contribution in [0.5, 0.6) is 5.88 Å². The fraction of sp³-hybridized carbons (Fsp3) is 0.294. The molecule has 6 aromatic rings. The van der Waals surface area contributed by atoms with Crippen LogP contribution in [0.4, 0.5) is 4.39 Å². The molecule has 45 heavy (non-hydrogen) atoms. The molecule has 230 valence electrons. The fourth-order valence-electron chi connectivity index (χ4n) is 6.42. The number of amides is 1. The van der Waals surface area contributed by atoms with Gasteiger partial charge in [-0.05, 0) is 55.3 Å². The van der Waals surface area contributed by atoms with Crippen molar-refractivity contribution in [3.8, 4) is 17.1 Å². The Kier molecular flexibility index (Phi) is 7.54. The Balaban J connectivity index is 1.22. The first-order valence-electron chi connectivity index (χ1n) is 15.1. The molecular formula is C34H35FN8O2. The Bertz CT molecular complexity index is 2010. The third kappa shape index (κ3) is 5.66. The summed E-state index contributed by atoms with van der Waals surface area (Å²) in [5.41, 5.74) is 5.90. The van der Waals surface area contributed by atoms with Crippen LogP contribution in [0.2, 0.25) is 0 Å². The first-order chi connectivity index (χ1) is 21.9. The lowest BCUT2D eigenvalue weighted by Gasteiger charge is -2.28. The van der Waals surface area contributed by atoms with Crippen molar-refractivity contribution in [1.29, 1.82) is 0 Å². The molecule has 10 nitrogen and oxygen atoms in total. The van der Waals surface area contributed by atoms with Gasteiger partial charge in [-0.1, -0.05) is 18.2 Å². The number of imidazole rings is 1. The molecule has 1 amide bonds. The number of pyridine rings is 1. The molecule has 1 aliphatic heterocycles. The van der Waals surface area contributed by atoms with Crippen LogP contribution in [0.25, 0.3) is 33.1 Å². The van der Waals surface area contributed by atoms with Crippen LogP contribution in [0.15, 0.2) is 67.0 Å². The smallest absolute Gasteiger partial charge is 0.227 e. The van der Waals surface area contributed by atoms with Gasteiger partial charge in [0.05, 0.1) is 48.2 Å². The van der Waals surface area contributed by atoms with E-state index >= 15 is 0 Å². The van der Waals surface area contributed by atoms with Gasteiger partial charge in [0.15, 0.2) is 0 Å². The summed E-state index contributed by atoms with van der Waals surface area (Å²) in [5.74, 6) is 0.849. The Labute approximate surface area is 259 Å². The molecular weight excluding hydrogens is 571 g/mol. The number of H-pyrrole nitrogens is 2. The number of hydrogen-bond donors (Lipinski definition) is 2. The van der Waals surface area contributed by atoms with Crippen LogP contribution in [-0.2, 0) is 24.8 Å². The van der Waals surface area contributed by atoms with E-state index in [0.29, 0.717) is 37.8 Å². The van der Waals surface area contributed by atoms with E-state index in [1.165, 1.54) is 12.1 Å². The molecule has 0 radical (unpaired) electrons. The highest BCUT2D eigenvalue weighted by atomic mass is 19.1. The maximum absolute atomic E-state index is 14.2. The zero-order valence-corrected chi connectivity index (χ0v) is 25.5.